The Morgan fingerprint density at radius 1 is 1.25 bits per heavy atom. The predicted molar refractivity (Wildman–Crippen MR) is 82.5 cm³/mol. The molecule has 1 fully saturated rings. The fourth-order valence-corrected chi connectivity index (χ4v) is 2.77. The molecule has 0 aliphatic carbocycles. The molecule has 2 atom stereocenters. The van der Waals surface area contributed by atoms with E-state index in [1.54, 1.807) is 4.90 Å². The fourth-order valence-electron chi connectivity index (χ4n) is 2.51. The fraction of sp³-hybridized carbons (Fsp3) is 0.467. The van der Waals surface area contributed by atoms with Gasteiger partial charge in [-0.3, -0.25) is 14.5 Å². The number of nitrogens with zero attached hydrogens (tertiary/aromatic N) is 1. The molecule has 0 aromatic heterocycles. The number of anilines is 1. The number of carbonyl (C=O) groups excluding carboxylic acids is 2. The van der Waals surface area contributed by atoms with Gasteiger partial charge in [0.25, 0.3) is 0 Å². The zero-order valence-corrected chi connectivity index (χ0v) is 13.5. The molecule has 0 saturated carbocycles. The lowest BCUT2D eigenvalue weighted by Gasteiger charge is -2.40. The Labute approximate surface area is 127 Å². The highest BCUT2D eigenvalue weighted by molar-refractivity contribution is 9.10. The van der Waals surface area contributed by atoms with E-state index in [-0.39, 0.29) is 17.7 Å². The van der Waals surface area contributed by atoms with Crippen molar-refractivity contribution in [3.8, 4) is 0 Å². The van der Waals surface area contributed by atoms with Crippen molar-refractivity contribution in [3.05, 3.63) is 28.7 Å². The van der Waals surface area contributed by atoms with E-state index >= 15 is 0 Å². The highest BCUT2D eigenvalue weighted by Crippen LogP contribution is 2.27. The largest absolute Gasteiger partial charge is 0.342 e. The van der Waals surface area contributed by atoms with Crippen LogP contribution in [0.5, 0.6) is 0 Å². The predicted octanol–water partition coefficient (Wildman–Crippen LogP) is 2.72. The van der Waals surface area contributed by atoms with E-state index in [4.69, 9.17) is 0 Å². The Bertz CT molecular complexity index is 513. The lowest BCUT2D eigenvalue weighted by molar-refractivity contribution is -0.134. The SMILES string of the molecule is CCC1NC(=O)C(C(C)C)N(c2ccc(Br)cc2)C1=O. The summed E-state index contributed by atoms with van der Waals surface area (Å²) < 4.78 is 0.947. The van der Waals surface area contributed by atoms with Gasteiger partial charge in [-0.25, -0.2) is 0 Å². The molecule has 2 rings (SSSR count). The maximum atomic E-state index is 12.6. The van der Waals surface area contributed by atoms with E-state index in [0.29, 0.717) is 6.42 Å². The van der Waals surface area contributed by atoms with E-state index in [2.05, 4.69) is 21.2 Å². The van der Waals surface area contributed by atoms with Gasteiger partial charge in [-0.05, 0) is 36.6 Å². The van der Waals surface area contributed by atoms with E-state index in [0.717, 1.165) is 10.2 Å². The summed E-state index contributed by atoms with van der Waals surface area (Å²) in [5.41, 5.74) is 0.769. The summed E-state index contributed by atoms with van der Waals surface area (Å²) in [4.78, 5) is 26.5. The Hall–Kier alpha value is -1.36. The van der Waals surface area contributed by atoms with E-state index in [1.807, 2.05) is 45.0 Å². The molecule has 1 aliphatic heterocycles. The van der Waals surface area contributed by atoms with Gasteiger partial charge in [0.1, 0.15) is 12.1 Å². The third kappa shape index (κ3) is 2.73. The zero-order chi connectivity index (χ0) is 14.9. The second-order valence-electron chi connectivity index (χ2n) is 5.34. The molecule has 1 aromatic carbocycles. The number of benzene rings is 1. The quantitative estimate of drug-likeness (QED) is 0.921. The van der Waals surface area contributed by atoms with Gasteiger partial charge in [-0.2, -0.15) is 0 Å². The van der Waals surface area contributed by atoms with Gasteiger partial charge in [0, 0.05) is 10.2 Å². The van der Waals surface area contributed by atoms with Gasteiger partial charge in [-0.15, -0.1) is 0 Å². The molecule has 2 amide bonds. The average Bonchev–Trinajstić information content (AvgIpc) is 2.41. The lowest BCUT2D eigenvalue weighted by atomic mass is 9.95. The van der Waals surface area contributed by atoms with Crippen molar-refractivity contribution in [2.24, 2.45) is 5.92 Å². The van der Waals surface area contributed by atoms with Crippen LogP contribution in [-0.4, -0.2) is 23.9 Å². The normalized spacial score (nSPS) is 23.1. The van der Waals surface area contributed by atoms with Crippen LogP contribution in [0.25, 0.3) is 0 Å². The van der Waals surface area contributed by atoms with Gasteiger partial charge in [-0.1, -0.05) is 36.7 Å². The highest BCUT2D eigenvalue weighted by Gasteiger charge is 2.41. The standard InChI is InChI=1S/C15H19BrN2O2/c1-4-12-15(20)18(11-7-5-10(16)6-8-11)13(9(2)3)14(19)17-12/h5-9,12-13H,4H2,1-3H3,(H,17,19). The Kier molecular flexibility index (Phi) is 4.48. The van der Waals surface area contributed by atoms with Crippen LogP contribution in [0.2, 0.25) is 0 Å². The summed E-state index contributed by atoms with van der Waals surface area (Å²) >= 11 is 3.38. The summed E-state index contributed by atoms with van der Waals surface area (Å²) in [6.07, 6.45) is 0.600. The number of rotatable bonds is 3. The van der Waals surface area contributed by atoms with Crippen molar-refractivity contribution in [2.45, 2.75) is 39.3 Å². The summed E-state index contributed by atoms with van der Waals surface area (Å²) in [5, 5.41) is 2.82. The minimum Gasteiger partial charge on any atom is -0.342 e. The van der Waals surface area contributed by atoms with Crippen molar-refractivity contribution in [1.29, 1.82) is 0 Å². The van der Waals surface area contributed by atoms with Crippen molar-refractivity contribution < 1.29 is 9.59 Å². The summed E-state index contributed by atoms with van der Waals surface area (Å²) in [5.74, 6) is -0.0529. The first-order valence-electron chi connectivity index (χ1n) is 6.84. The highest BCUT2D eigenvalue weighted by atomic mass is 79.9. The van der Waals surface area contributed by atoms with Crippen LogP contribution in [0.15, 0.2) is 28.7 Å². The third-order valence-corrected chi connectivity index (χ3v) is 4.07. The van der Waals surface area contributed by atoms with Crippen LogP contribution < -0.4 is 10.2 Å². The maximum Gasteiger partial charge on any atom is 0.250 e. The smallest absolute Gasteiger partial charge is 0.250 e. The van der Waals surface area contributed by atoms with Crippen LogP contribution in [0, 0.1) is 5.92 Å². The number of hydrogen-bond acceptors (Lipinski definition) is 2. The molecule has 20 heavy (non-hydrogen) atoms. The van der Waals surface area contributed by atoms with Crippen LogP contribution in [0.3, 0.4) is 0 Å². The molecule has 1 aromatic rings. The molecule has 1 N–H and O–H groups in total. The minimum absolute atomic E-state index is 0.0341. The molecule has 2 unspecified atom stereocenters. The molecule has 1 saturated heterocycles. The van der Waals surface area contributed by atoms with Gasteiger partial charge < -0.3 is 5.32 Å². The first-order chi connectivity index (χ1) is 9.45. The van der Waals surface area contributed by atoms with E-state index < -0.39 is 12.1 Å². The topological polar surface area (TPSA) is 49.4 Å². The van der Waals surface area contributed by atoms with Gasteiger partial charge >= 0.3 is 0 Å². The van der Waals surface area contributed by atoms with Crippen LogP contribution in [0.1, 0.15) is 27.2 Å². The maximum absolute atomic E-state index is 12.6. The van der Waals surface area contributed by atoms with E-state index in [9.17, 15) is 9.59 Å². The van der Waals surface area contributed by atoms with Gasteiger partial charge in [0.2, 0.25) is 11.8 Å². The first-order valence-corrected chi connectivity index (χ1v) is 7.64. The molecule has 1 aliphatic rings. The van der Waals surface area contributed by atoms with E-state index in [1.165, 1.54) is 0 Å². The first kappa shape index (κ1) is 15.0. The monoisotopic (exact) mass is 338 g/mol. The Balaban J connectivity index is 2.44. The van der Waals surface area contributed by atoms with Crippen molar-refractivity contribution >= 4 is 33.4 Å². The number of hydrogen-bond donors (Lipinski definition) is 1. The zero-order valence-electron chi connectivity index (χ0n) is 11.9. The molecule has 1 heterocycles. The van der Waals surface area contributed by atoms with Crippen molar-refractivity contribution in [1.82, 2.24) is 5.32 Å². The molecular formula is C15H19BrN2O2. The van der Waals surface area contributed by atoms with Gasteiger partial charge in [0.05, 0.1) is 0 Å². The Morgan fingerprint density at radius 3 is 2.35 bits per heavy atom. The molecular weight excluding hydrogens is 320 g/mol. The van der Waals surface area contributed by atoms with Gasteiger partial charge in [0.15, 0.2) is 0 Å². The molecule has 108 valence electrons. The van der Waals surface area contributed by atoms with Crippen LogP contribution in [-0.2, 0) is 9.59 Å². The van der Waals surface area contributed by atoms with Crippen molar-refractivity contribution in [2.75, 3.05) is 4.90 Å². The number of halogens is 1. The number of amides is 2. The second kappa shape index (κ2) is 5.95. The average molecular weight is 339 g/mol. The molecule has 4 nitrogen and oxygen atoms in total. The number of nitrogens with one attached hydrogen (secondary N) is 1. The molecule has 0 radical (unpaired) electrons. The molecule has 5 heteroatoms. The summed E-state index contributed by atoms with van der Waals surface area (Å²) in [6.45, 7) is 5.81. The van der Waals surface area contributed by atoms with Crippen LogP contribution >= 0.6 is 15.9 Å². The molecule has 0 bridgehead atoms. The minimum atomic E-state index is -0.452. The van der Waals surface area contributed by atoms with Crippen molar-refractivity contribution in [3.63, 3.8) is 0 Å². The lowest BCUT2D eigenvalue weighted by Crippen LogP contribution is -2.65. The summed E-state index contributed by atoms with van der Waals surface area (Å²) in [7, 11) is 0. The third-order valence-electron chi connectivity index (χ3n) is 3.54. The number of carbonyl (C=O) groups is 2. The Morgan fingerprint density at radius 2 is 1.85 bits per heavy atom. The summed E-state index contributed by atoms with van der Waals surface area (Å²) in [6, 6.07) is 6.61. The number of piperazine rings is 1. The second-order valence-corrected chi connectivity index (χ2v) is 6.26. The molecule has 0 spiro atoms. The van der Waals surface area contributed by atoms with Crippen LogP contribution in [0.4, 0.5) is 5.69 Å².